The summed E-state index contributed by atoms with van der Waals surface area (Å²) in [5.74, 6) is -2.54. The number of para-hydroxylation sites is 1. The Morgan fingerprint density at radius 2 is 2.00 bits per heavy atom. The SMILES string of the molecule is O=C(O)C[C@@H](C(=O)O)N1C(=O)/C(=C/c2ccc(-c3nc4ccccc4s3)o2)SC1=S. The van der Waals surface area contributed by atoms with Crippen LogP contribution in [0.1, 0.15) is 12.2 Å². The maximum Gasteiger partial charge on any atom is 0.327 e. The van der Waals surface area contributed by atoms with Crippen molar-refractivity contribution in [3.8, 4) is 10.8 Å². The molecule has 2 N–H and O–H groups in total. The molecule has 3 aromatic rings. The van der Waals surface area contributed by atoms with Gasteiger partial charge in [-0.25, -0.2) is 9.78 Å². The van der Waals surface area contributed by atoms with Crippen molar-refractivity contribution in [3.63, 3.8) is 0 Å². The molecule has 0 spiro atoms. The van der Waals surface area contributed by atoms with Crippen molar-refractivity contribution in [2.45, 2.75) is 12.5 Å². The largest absolute Gasteiger partial charge is 0.481 e. The number of carboxylic acids is 2. The van der Waals surface area contributed by atoms with E-state index in [-0.39, 0.29) is 9.23 Å². The molecule has 1 aliphatic heterocycles. The van der Waals surface area contributed by atoms with Gasteiger partial charge in [0.05, 0.1) is 21.5 Å². The van der Waals surface area contributed by atoms with E-state index in [2.05, 4.69) is 4.98 Å². The number of amides is 1. The molecule has 1 atom stereocenters. The second-order valence-electron chi connectivity index (χ2n) is 6.19. The molecule has 1 saturated heterocycles. The van der Waals surface area contributed by atoms with Gasteiger partial charge < -0.3 is 14.6 Å². The van der Waals surface area contributed by atoms with E-state index in [0.717, 1.165) is 26.9 Å². The average Bonchev–Trinajstić information content (AvgIpc) is 3.38. The van der Waals surface area contributed by atoms with Crippen molar-refractivity contribution < 1.29 is 29.0 Å². The lowest BCUT2D eigenvalue weighted by Gasteiger charge is -2.21. The molecule has 0 unspecified atom stereocenters. The molecule has 1 fully saturated rings. The summed E-state index contributed by atoms with van der Waals surface area (Å²) in [4.78, 5) is 40.6. The van der Waals surface area contributed by atoms with E-state index in [1.807, 2.05) is 24.3 Å². The highest BCUT2D eigenvalue weighted by Gasteiger charge is 2.41. The van der Waals surface area contributed by atoms with E-state index in [4.69, 9.17) is 21.7 Å². The van der Waals surface area contributed by atoms with Crippen molar-refractivity contribution in [3.05, 3.63) is 47.1 Å². The van der Waals surface area contributed by atoms with Gasteiger partial charge >= 0.3 is 11.9 Å². The van der Waals surface area contributed by atoms with Crippen molar-refractivity contribution >= 4 is 73.8 Å². The first-order valence-corrected chi connectivity index (χ1v) is 10.5. The van der Waals surface area contributed by atoms with Crippen LogP contribution in [-0.4, -0.2) is 48.3 Å². The van der Waals surface area contributed by atoms with Crippen LogP contribution in [0.25, 0.3) is 27.1 Å². The van der Waals surface area contributed by atoms with Crippen LogP contribution in [0.4, 0.5) is 0 Å². The molecule has 152 valence electrons. The standard InChI is InChI=1S/C19H12N2O6S3/c22-15(23)8-11(18(25)26)21-17(24)14(30-19(21)28)7-9-5-6-12(27-9)16-20-10-3-1-2-4-13(10)29-16/h1-7,11H,8H2,(H,22,23)(H,25,26)/b14-7-/t11-/m0/s1. The summed E-state index contributed by atoms with van der Waals surface area (Å²) in [5.41, 5.74) is 0.856. The van der Waals surface area contributed by atoms with Crippen LogP contribution in [0.2, 0.25) is 0 Å². The number of thioether (sulfide) groups is 1. The minimum atomic E-state index is -1.57. The number of furan rings is 1. The molecule has 0 bridgehead atoms. The minimum Gasteiger partial charge on any atom is -0.481 e. The number of thiazole rings is 1. The molecule has 2 aromatic heterocycles. The number of nitrogens with zero attached hydrogens (tertiary/aromatic N) is 2. The molecule has 11 heteroatoms. The summed E-state index contributed by atoms with van der Waals surface area (Å²) in [7, 11) is 0. The van der Waals surface area contributed by atoms with Gasteiger partial charge in [0.1, 0.15) is 16.1 Å². The second-order valence-corrected chi connectivity index (χ2v) is 8.90. The number of hydrogen-bond acceptors (Lipinski definition) is 8. The van der Waals surface area contributed by atoms with Gasteiger partial charge in [-0.2, -0.15) is 0 Å². The summed E-state index contributed by atoms with van der Waals surface area (Å²) in [5, 5.41) is 18.9. The van der Waals surface area contributed by atoms with Crippen LogP contribution in [0.3, 0.4) is 0 Å². The number of carbonyl (C=O) groups is 3. The van der Waals surface area contributed by atoms with Crippen LogP contribution in [0.5, 0.6) is 0 Å². The van der Waals surface area contributed by atoms with E-state index in [0.29, 0.717) is 16.5 Å². The number of aliphatic carboxylic acids is 2. The number of hydrogen-bond donors (Lipinski definition) is 2. The molecule has 1 aromatic carbocycles. The Hall–Kier alpha value is -3.02. The van der Waals surface area contributed by atoms with Crippen LogP contribution in [0, 0.1) is 0 Å². The molecule has 0 aliphatic carbocycles. The molecule has 1 amide bonds. The zero-order valence-corrected chi connectivity index (χ0v) is 17.4. The highest BCUT2D eigenvalue weighted by Crippen LogP contribution is 2.36. The van der Waals surface area contributed by atoms with Gasteiger partial charge in [-0.1, -0.05) is 36.1 Å². The van der Waals surface area contributed by atoms with Crippen molar-refractivity contribution in [2.75, 3.05) is 0 Å². The van der Waals surface area contributed by atoms with Gasteiger partial charge in [-0.3, -0.25) is 14.5 Å². The Kier molecular flexibility index (Phi) is 5.41. The number of carboxylic acid groups (broad SMARTS) is 2. The molecule has 1 aliphatic rings. The molecule has 0 saturated carbocycles. The Morgan fingerprint density at radius 1 is 1.23 bits per heavy atom. The number of aromatic nitrogens is 1. The van der Waals surface area contributed by atoms with E-state index in [1.165, 1.54) is 17.4 Å². The maximum absolute atomic E-state index is 12.7. The van der Waals surface area contributed by atoms with Gasteiger partial charge in [0.2, 0.25) is 0 Å². The fraction of sp³-hybridized carbons (Fsp3) is 0.105. The third kappa shape index (κ3) is 3.86. The minimum absolute atomic E-state index is 0.0159. The lowest BCUT2D eigenvalue weighted by atomic mass is 10.2. The quantitative estimate of drug-likeness (QED) is 0.419. The maximum atomic E-state index is 12.7. The van der Waals surface area contributed by atoms with Crippen molar-refractivity contribution in [1.29, 1.82) is 0 Å². The summed E-state index contributed by atoms with van der Waals surface area (Å²) in [6.07, 6.45) is 0.702. The number of benzene rings is 1. The molecule has 3 heterocycles. The van der Waals surface area contributed by atoms with Gasteiger partial charge in [-0.15, -0.1) is 11.3 Å². The average molecular weight is 461 g/mol. The molecule has 0 radical (unpaired) electrons. The molecule has 30 heavy (non-hydrogen) atoms. The van der Waals surface area contributed by atoms with E-state index in [1.54, 1.807) is 12.1 Å². The first-order valence-electron chi connectivity index (χ1n) is 8.51. The van der Waals surface area contributed by atoms with Crippen molar-refractivity contribution in [2.24, 2.45) is 0 Å². The third-order valence-electron chi connectivity index (χ3n) is 4.19. The highest BCUT2D eigenvalue weighted by atomic mass is 32.2. The van der Waals surface area contributed by atoms with Gasteiger partial charge in [0.25, 0.3) is 5.91 Å². The monoisotopic (exact) mass is 460 g/mol. The van der Waals surface area contributed by atoms with Crippen molar-refractivity contribution in [1.82, 2.24) is 9.88 Å². The van der Waals surface area contributed by atoms with Gasteiger partial charge in [-0.05, 0) is 24.3 Å². The Bertz CT molecular complexity index is 1190. The summed E-state index contributed by atoms with van der Waals surface area (Å²) in [6.45, 7) is 0. The predicted octanol–water partition coefficient (Wildman–Crippen LogP) is 3.69. The summed E-state index contributed by atoms with van der Waals surface area (Å²) >= 11 is 7.48. The fourth-order valence-electron chi connectivity index (χ4n) is 2.86. The highest BCUT2D eigenvalue weighted by molar-refractivity contribution is 8.26. The fourth-order valence-corrected chi connectivity index (χ4v) is 5.12. The first kappa shape index (κ1) is 20.3. The predicted molar refractivity (Wildman–Crippen MR) is 116 cm³/mol. The van der Waals surface area contributed by atoms with Gasteiger partial charge in [0.15, 0.2) is 10.8 Å². The normalized spacial score (nSPS) is 16.5. The molecule has 4 rings (SSSR count). The molecular formula is C19H12N2O6S3. The summed E-state index contributed by atoms with van der Waals surface area (Å²) in [6, 6.07) is 9.51. The Morgan fingerprint density at radius 3 is 2.70 bits per heavy atom. The Labute approximate surface area is 182 Å². The topological polar surface area (TPSA) is 121 Å². The lowest BCUT2D eigenvalue weighted by molar-refractivity contribution is -0.150. The van der Waals surface area contributed by atoms with Crippen LogP contribution >= 0.6 is 35.3 Å². The van der Waals surface area contributed by atoms with E-state index < -0.39 is 30.3 Å². The lowest BCUT2D eigenvalue weighted by Crippen LogP contribution is -2.45. The van der Waals surface area contributed by atoms with Crippen LogP contribution in [0.15, 0.2) is 45.7 Å². The summed E-state index contributed by atoms with van der Waals surface area (Å²) < 4.78 is 6.79. The number of rotatable bonds is 6. The number of thiocarbonyl (C=S) groups is 1. The van der Waals surface area contributed by atoms with Crippen LogP contribution < -0.4 is 0 Å². The zero-order valence-electron chi connectivity index (χ0n) is 15.0. The van der Waals surface area contributed by atoms with E-state index in [9.17, 15) is 19.5 Å². The Balaban J connectivity index is 1.59. The molecular weight excluding hydrogens is 448 g/mol. The third-order valence-corrected chi connectivity index (χ3v) is 6.57. The first-order chi connectivity index (χ1) is 14.3. The zero-order chi connectivity index (χ0) is 21.4. The van der Waals surface area contributed by atoms with Gasteiger partial charge in [0, 0.05) is 6.08 Å². The number of carbonyl (C=O) groups excluding carboxylic acids is 1. The van der Waals surface area contributed by atoms with Crippen LogP contribution in [-0.2, 0) is 14.4 Å². The molecule has 8 nitrogen and oxygen atoms in total. The second kappa shape index (κ2) is 8.01. The smallest absolute Gasteiger partial charge is 0.327 e. The number of fused-ring (bicyclic) bond motifs is 1. The van der Waals surface area contributed by atoms with E-state index >= 15 is 0 Å².